The number of likely N-dealkylation sites (N-methyl/N-ethyl adjacent to an activating group) is 1. The lowest BCUT2D eigenvalue weighted by Crippen LogP contribution is -2.16. The number of ether oxygens (including phenoxy) is 3. The molecule has 0 atom stereocenters. The zero-order chi connectivity index (χ0) is 37.0. The normalized spacial score (nSPS) is 15.3. The van der Waals surface area contributed by atoms with Crippen LogP contribution in [0.5, 0.6) is 23.0 Å². The van der Waals surface area contributed by atoms with Crippen molar-refractivity contribution in [2.24, 2.45) is 4.99 Å². The molecule has 0 bridgehead atoms. The Balaban J connectivity index is 1.19. The van der Waals surface area contributed by atoms with E-state index in [-0.39, 0.29) is 28.6 Å². The standard InChI is InChI=1S/C44H48N2O7/c1-2-45-23-24-46-29-36-21-22-38(28-41(36)47)51-44(50)37-25-39(52-42(48)34-17-13-32(14-18-34)30-9-5-3-6-10-30)27-40(26-37)53-43(49)35-19-15-33(16-20-35)31-11-7-4-8-12-31/h13-22,25-31,45,47H,2-12,23-24H2,1H3. The monoisotopic (exact) mass is 716 g/mol. The van der Waals surface area contributed by atoms with E-state index >= 15 is 0 Å². The van der Waals surface area contributed by atoms with Gasteiger partial charge in [-0.2, -0.15) is 0 Å². The number of hydrogen-bond donors (Lipinski definition) is 2. The van der Waals surface area contributed by atoms with Crippen molar-refractivity contribution in [3.63, 3.8) is 0 Å². The average molecular weight is 717 g/mol. The predicted molar refractivity (Wildman–Crippen MR) is 205 cm³/mol. The highest BCUT2D eigenvalue weighted by Crippen LogP contribution is 2.34. The van der Waals surface area contributed by atoms with Crippen molar-refractivity contribution in [3.8, 4) is 23.0 Å². The van der Waals surface area contributed by atoms with Crippen LogP contribution in [0.25, 0.3) is 0 Å². The molecule has 4 aromatic carbocycles. The highest BCUT2D eigenvalue weighted by atomic mass is 16.6. The molecule has 2 aliphatic rings. The van der Waals surface area contributed by atoms with E-state index in [0.29, 0.717) is 41.6 Å². The molecule has 2 aliphatic carbocycles. The van der Waals surface area contributed by atoms with Crippen LogP contribution in [-0.2, 0) is 0 Å². The van der Waals surface area contributed by atoms with E-state index in [1.54, 1.807) is 42.6 Å². The summed E-state index contributed by atoms with van der Waals surface area (Å²) in [4.78, 5) is 44.4. The fraction of sp³-hybridized carbons (Fsp3) is 0.364. The number of aliphatic imine (C=N–C) groups is 1. The second-order valence-electron chi connectivity index (χ2n) is 13.9. The molecule has 6 rings (SSSR count). The van der Waals surface area contributed by atoms with Gasteiger partial charge in [0.2, 0.25) is 0 Å². The molecule has 0 spiro atoms. The Morgan fingerprint density at radius 1 is 0.642 bits per heavy atom. The van der Waals surface area contributed by atoms with Crippen LogP contribution >= 0.6 is 0 Å². The molecule has 276 valence electrons. The molecular formula is C44H48N2O7. The van der Waals surface area contributed by atoms with Crippen molar-refractivity contribution in [1.29, 1.82) is 0 Å². The third-order valence-corrected chi connectivity index (χ3v) is 10.1. The highest BCUT2D eigenvalue weighted by Gasteiger charge is 2.21. The third kappa shape index (κ3) is 10.4. The SMILES string of the molecule is CCNCCN=Cc1ccc(OC(=O)c2cc(OC(=O)c3ccc(C4CCCCC4)cc3)cc(OC(=O)c3ccc(C4CCCCC4)cc3)c2)cc1O. The van der Waals surface area contributed by atoms with E-state index in [4.69, 9.17) is 14.2 Å². The second kappa shape index (κ2) is 18.5. The number of nitrogens with zero attached hydrogens (tertiary/aromatic N) is 1. The second-order valence-corrected chi connectivity index (χ2v) is 13.9. The lowest BCUT2D eigenvalue weighted by atomic mass is 9.84. The molecule has 53 heavy (non-hydrogen) atoms. The van der Waals surface area contributed by atoms with Crippen LogP contribution in [-0.4, -0.2) is 48.9 Å². The molecule has 0 radical (unpaired) electrons. The van der Waals surface area contributed by atoms with E-state index in [1.165, 1.54) is 73.9 Å². The maximum Gasteiger partial charge on any atom is 0.343 e. The Morgan fingerprint density at radius 2 is 1.13 bits per heavy atom. The van der Waals surface area contributed by atoms with Gasteiger partial charge in [0.25, 0.3) is 0 Å². The van der Waals surface area contributed by atoms with Gasteiger partial charge in [0.05, 0.1) is 23.2 Å². The van der Waals surface area contributed by atoms with Gasteiger partial charge < -0.3 is 24.6 Å². The molecule has 9 nitrogen and oxygen atoms in total. The van der Waals surface area contributed by atoms with Crippen molar-refractivity contribution in [1.82, 2.24) is 5.32 Å². The van der Waals surface area contributed by atoms with E-state index in [9.17, 15) is 19.5 Å². The smallest absolute Gasteiger partial charge is 0.343 e. The number of nitrogens with one attached hydrogen (secondary N) is 1. The Hall–Kier alpha value is -5.28. The van der Waals surface area contributed by atoms with Gasteiger partial charge in [0, 0.05) is 30.5 Å². The Bertz CT molecular complexity index is 1800. The summed E-state index contributed by atoms with van der Waals surface area (Å²) in [5, 5.41) is 13.7. The summed E-state index contributed by atoms with van der Waals surface area (Å²) in [6, 6.07) is 23.5. The summed E-state index contributed by atoms with van der Waals surface area (Å²) < 4.78 is 17.1. The van der Waals surface area contributed by atoms with Crippen molar-refractivity contribution in [2.45, 2.75) is 83.0 Å². The van der Waals surface area contributed by atoms with Crippen molar-refractivity contribution in [2.75, 3.05) is 19.6 Å². The minimum atomic E-state index is -0.805. The summed E-state index contributed by atoms with van der Waals surface area (Å²) in [6.45, 7) is 4.13. The van der Waals surface area contributed by atoms with Gasteiger partial charge in [-0.1, -0.05) is 69.7 Å². The number of phenols is 1. The Morgan fingerprint density at radius 3 is 1.62 bits per heavy atom. The number of benzene rings is 4. The summed E-state index contributed by atoms with van der Waals surface area (Å²) >= 11 is 0. The highest BCUT2D eigenvalue weighted by molar-refractivity contribution is 5.95. The Kier molecular flexibility index (Phi) is 13.1. The number of rotatable bonds is 13. The van der Waals surface area contributed by atoms with Gasteiger partial charge in [-0.25, -0.2) is 14.4 Å². The minimum absolute atomic E-state index is 0.00298. The van der Waals surface area contributed by atoms with Crippen LogP contribution < -0.4 is 19.5 Å². The number of esters is 3. The first kappa shape index (κ1) is 37.5. The van der Waals surface area contributed by atoms with E-state index in [1.807, 2.05) is 31.2 Å². The van der Waals surface area contributed by atoms with Crippen LogP contribution in [0.2, 0.25) is 0 Å². The number of aromatic hydroxyl groups is 1. The molecule has 0 unspecified atom stereocenters. The molecular weight excluding hydrogens is 668 g/mol. The van der Waals surface area contributed by atoms with Crippen LogP contribution in [0.4, 0.5) is 0 Å². The third-order valence-electron chi connectivity index (χ3n) is 10.1. The van der Waals surface area contributed by atoms with Crippen LogP contribution in [0.15, 0.2) is 89.9 Å². The largest absolute Gasteiger partial charge is 0.507 e. The molecule has 4 aromatic rings. The first-order valence-electron chi connectivity index (χ1n) is 18.9. The zero-order valence-electron chi connectivity index (χ0n) is 30.4. The summed E-state index contributed by atoms with van der Waals surface area (Å²) in [5.41, 5.74) is 3.59. The number of phenolic OH excluding ortho intramolecular Hbond substituents is 1. The lowest BCUT2D eigenvalue weighted by Gasteiger charge is -2.22. The van der Waals surface area contributed by atoms with Gasteiger partial charge in [-0.05, 0) is 104 Å². The molecule has 2 N–H and O–H groups in total. The zero-order valence-corrected chi connectivity index (χ0v) is 30.4. The summed E-state index contributed by atoms with van der Waals surface area (Å²) in [5.74, 6) is -1.05. The molecule has 0 aromatic heterocycles. The summed E-state index contributed by atoms with van der Waals surface area (Å²) in [7, 11) is 0. The van der Waals surface area contributed by atoms with Crippen molar-refractivity contribution >= 4 is 24.1 Å². The molecule has 0 saturated heterocycles. The van der Waals surface area contributed by atoms with Gasteiger partial charge in [0.15, 0.2) is 0 Å². The predicted octanol–water partition coefficient (Wildman–Crippen LogP) is 9.17. The maximum atomic E-state index is 13.5. The van der Waals surface area contributed by atoms with Gasteiger partial charge >= 0.3 is 17.9 Å². The van der Waals surface area contributed by atoms with E-state index < -0.39 is 17.9 Å². The summed E-state index contributed by atoms with van der Waals surface area (Å²) in [6.07, 6.45) is 13.5. The van der Waals surface area contributed by atoms with Crippen LogP contribution in [0, 0.1) is 0 Å². The van der Waals surface area contributed by atoms with Crippen molar-refractivity contribution < 1.29 is 33.7 Å². The quantitative estimate of drug-likeness (QED) is 0.0608. The molecule has 0 aliphatic heterocycles. The van der Waals surface area contributed by atoms with Crippen molar-refractivity contribution in [3.05, 3.63) is 118 Å². The first-order chi connectivity index (χ1) is 25.9. The number of carbonyl (C=O) groups excluding carboxylic acids is 3. The molecule has 0 heterocycles. The number of hydrogen-bond acceptors (Lipinski definition) is 9. The minimum Gasteiger partial charge on any atom is -0.507 e. The fourth-order valence-corrected chi connectivity index (χ4v) is 7.14. The molecule has 0 amide bonds. The average Bonchev–Trinajstić information content (AvgIpc) is 3.19. The van der Waals surface area contributed by atoms with E-state index in [0.717, 1.165) is 32.2 Å². The molecule has 2 saturated carbocycles. The van der Waals surface area contributed by atoms with Gasteiger partial charge in [-0.15, -0.1) is 0 Å². The lowest BCUT2D eigenvalue weighted by molar-refractivity contribution is 0.0705. The number of carbonyl (C=O) groups is 3. The van der Waals surface area contributed by atoms with Gasteiger partial charge in [0.1, 0.15) is 23.0 Å². The van der Waals surface area contributed by atoms with Gasteiger partial charge in [-0.3, -0.25) is 4.99 Å². The topological polar surface area (TPSA) is 124 Å². The van der Waals surface area contributed by atoms with E-state index in [2.05, 4.69) is 10.3 Å². The molecule has 2 fully saturated rings. The maximum absolute atomic E-state index is 13.5. The fourth-order valence-electron chi connectivity index (χ4n) is 7.14. The molecule has 9 heteroatoms. The first-order valence-corrected chi connectivity index (χ1v) is 18.9. The van der Waals surface area contributed by atoms with Crippen LogP contribution in [0.3, 0.4) is 0 Å². The Labute approximate surface area is 311 Å². The van der Waals surface area contributed by atoms with Crippen LogP contribution in [0.1, 0.15) is 131 Å².